The molecule has 3 aromatic rings. The van der Waals surface area contributed by atoms with Crippen LogP contribution >= 0.6 is 0 Å². The third kappa shape index (κ3) is 3.51. The van der Waals surface area contributed by atoms with E-state index in [0.717, 1.165) is 24.1 Å². The van der Waals surface area contributed by atoms with Crippen molar-refractivity contribution in [1.82, 2.24) is 9.97 Å². The van der Waals surface area contributed by atoms with Gasteiger partial charge in [0.2, 0.25) is 0 Å². The van der Waals surface area contributed by atoms with E-state index in [4.69, 9.17) is 0 Å². The van der Waals surface area contributed by atoms with Crippen LogP contribution in [0.2, 0.25) is 0 Å². The fourth-order valence-electron chi connectivity index (χ4n) is 3.32. The van der Waals surface area contributed by atoms with E-state index in [0.29, 0.717) is 23.9 Å². The molecule has 0 spiro atoms. The number of hydrogen-bond donors (Lipinski definition) is 1. The number of fused-ring (bicyclic) bond motifs is 1. The molecule has 5 nitrogen and oxygen atoms in total. The van der Waals surface area contributed by atoms with Crippen molar-refractivity contribution in [2.24, 2.45) is 0 Å². The van der Waals surface area contributed by atoms with Crippen molar-refractivity contribution < 1.29 is 9.18 Å². The summed E-state index contributed by atoms with van der Waals surface area (Å²) in [5, 5.41) is 2.93. The van der Waals surface area contributed by atoms with E-state index in [9.17, 15) is 9.18 Å². The first kappa shape index (κ1) is 17.1. The standard InChI is InChI=1S/C21H19FN4O/c1-14-23-18(13-20(24-14)25-17-10-4-3-9-16(17)22)21(27)26-12-6-8-15-7-2-5-11-19(15)26/h2-5,7,9-11,13H,6,8,12H2,1H3,(H,23,24,25). The quantitative estimate of drug-likeness (QED) is 0.756. The molecule has 0 unspecified atom stereocenters. The number of rotatable bonds is 3. The van der Waals surface area contributed by atoms with Gasteiger partial charge in [0.25, 0.3) is 5.91 Å². The molecule has 0 bridgehead atoms. The minimum Gasteiger partial charge on any atom is -0.338 e. The van der Waals surface area contributed by atoms with E-state index >= 15 is 0 Å². The van der Waals surface area contributed by atoms with Crippen LogP contribution in [0.5, 0.6) is 0 Å². The highest BCUT2D eigenvalue weighted by Gasteiger charge is 2.25. The molecule has 0 radical (unpaired) electrons. The Kier molecular flexibility index (Phi) is 4.54. The highest BCUT2D eigenvalue weighted by molar-refractivity contribution is 6.05. The molecule has 0 saturated heterocycles. The van der Waals surface area contributed by atoms with Gasteiger partial charge in [-0.15, -0.1) is 0 Å². The third-order valence-electron chi connectivity index (χ3n) is 4.55. The molecule has 2 heterocycles. The van der Waals surface area contributed by atoms with E-state index < -0.39 is 0 Å². The monoisotopic (exact) mass is 362 g/mol. The Morgan fingerprint density at radius 2 is 1.89 bits per heavy atom. The van der Waals surface area contributed by atoms with Crippen LogP contribution in [0.1, 0.15) is 28.3 Å². The maximum absolute atomic E-state index is 13.9. The molecule has 1 aliphatic rings. The molecule has 1 aromatic heterocycles. The van der Waals surface area contributed by atoms with Crippen LogP contribution in [0, 0.1) is 12.7 Å². The van der Waals surface area contributed by atoms with Gasteiger partial charge in [-0.3, -0.25) is 4.79 Å². The molecule has 0 fully saturated rings. The molecule has 1 N–H and O–H groups in total. The van der Waals surface area contributed by atoms with Gasteiger partial charge in [-0.05, 0) is 43.5 Å². The lowest BCUT2D eigenvalue weighted by Crippen LogP contribution is -2.36. The topological polar surface area (TPSA) is 58.1 Å². The molecule has 1 aliphatic heterocycles. The maximum atomic E-state index is 13.9. The maximum Gasteiger partial charge on any atom is 0.277 e. The summed E-state index contributed by atoms with van der Waals surface area (Å²) in [5.74, 6) is 0.280. The van der Waals surface area contributed by atoms with Crippen LogP contribution in [0.15, 0.2) is 54.6 Å². The second-order valence-electron chi connectivity index (χ2n) is 6.48. The van der Waals surface area contributed by atoms with Crippen molar-refractivity contribution in [3.63, 3.8) is 0 Å². The minimum atomic E-state index is -0.383. The molecule has 1 amide bonds. The lowest BCUT2D eigenvalue weighted by Gasteiger charge is -2.29. The van der Waals surface area contributed by atoms with Gasteiger partial charge >= 0.3 is 0 Å². The number of carbonyl (C=O) groups excluding carboxylic acids is 1. The smallest absolute Gasteiger partial charge is 0.277 e. The van der Waals surface area contributed by atoms with Crippen molar-refractivity contribution in [2.75, 3.05) is 16.8 Å². The van der Waals surface area contributed by atoms with Crippen LogP contribution in [-0.4, -0.2) is 22.4 Å². The zero-order valence-electron chi connectivity index (χ0n) is 14.9. The Labute approximate surface area is 156 Å². The third-order valence-corrected chi connectivity index (χ3v) is 4.55. The number of hydrogen-bond acceptors (Lipinski definition) is 4. The number of anilines is 3. The normalized spacial score (nSPS) is 13.2. The Morgan fingerprint density at radius 1 is 1.11 bits per heavy atom. The van der Waals surface area contributed by atoms with Gasteiger partial charge in [0.15, 0.2) is 0 Å². The summed E-state index contributed by atoms with van der Waals surface area (Å²) in [7, 11) is 0. The number of aryl methyl sites for hydroxylation is 2. The molecule has 0 atom stereocenters. The fourth-order valence-corrected chi connectivity index (χ4v) is 3.32. The number of aromatic nitrogens is 2. The Morgan fingerprint density at radius 3 is 2.74 bits per heavy atom. The van der Waals surface area contributed by atoms with Crippen LogP contribution in [0.25, 0.3) is 0 Å². The van der Waals surface area contributed by atoms with Gasteiger partial charge in [0.05, 0.1) is 5.69 Å². The zero-order chi connectivity index (χ0) is 18.8. The Bertz CT molecular complexity index is 1000. The van der Waals surface area contributed by atoms with E-state index in [-0.39, 0.29) is 17.4 Å². The predicted octanol–water partition coefficient (Wildman–Crippen LogP) is 4.26. The summed E-state index contributed by atoms with van der Waals surface area (Å²) in [6, 6.07) is 15.8. The van der Waals surface area contributed by atoms with E-state index in [2.05, 4.69) is 15.3 Å². The average molecular weight is 362 g/mol. The first-order chi connectivity index (χ1) is 13.1. The summed E-state index contributed by atoms with van der Waals surface area (Å²) < 4.78 is 13.9. The molecular weight excluding hydrogens is 343 g/mol. The molecule has 0 saturated carbocycles. The molecule has 6 heteroatoms. The number of benzene rings is 2. The molecular formula is C21H19FN4O. The van der Waals surface area contributed by atoms with Gasteiger partial charge in [0.1, 0.15) is 23.2 Å². The van der Waals surface area contributed by atoms with Crippen LogP contribution in [0.3, 0.4) is 0 Å². The summed E-state index contributed by atoms with van der Waals surface area (Å²) in [4.78, 5) is 23.5. The van der Waals surface area contributed by atoms with Gasteiger partial charge in [-0.25, -0.2) is 14.4 Å². The van der Waals surface area contributed by atoms with Crippen LogP contribution in [-0.2, 0) is 6.42 Å². The van der Waals surface area contributed by atoms with Gasteiger partial charge in [0, 0.05) is 18.3 Å². The molecule has 27 heavy (non-hydrogen) atoms. The highest BCUT2D eigenvalue weighted by Crippen LogP contribution is 2.28. The number of halogens is 1. The fraction of sp³-hybridized carbons (Fsp3) is 0.190. The minimum absolute atomic E-state index is 0.177. The lowest BCUT2D eigenvalue weighted by atomic mass is 10.0. The van der Waals surface area contributed by atoms with Crippen molar-refractivity contribution in [1.29, 1.82) is 0 Å². The highest BCUT2D eigenvalue weighted by atomic mass is 19.1. The van der Waals surface area contributed by atoms with Crippen LogP contribution in [0.4, 0.5) is 21.6 Å². The number of para-hydroxylation sites is 2. The average Bonchev–Trinajstić information content (AvgIpc) is 2.68. The van der Waals surface area contributed by atoms with E-state index in [1.807, 2.05) is 24.3 Å². The second kappa shape index (κ2) is 7.15. The van der Waals surface area contributed by atoms with Crippen molar-refractivity contribution >= 4 is 23.1 Å². The molecule has 2 aromatic carbocycles. The van der Waals surface area contributed by atoms with Gasteiger partial charge < -0.3 is 10.2 Å². The van der Waals surface area contributed by atoms with Gasteiger partial charge in [-0.2, -0.15) is 0 Å². The summed E-state index contributed by atoms with van der Waals surface area (Å²) in [5.41, 5.74) is 2.68. The molecule has 136 valence electrons. The van der Waals surface area contributed by atoms with Crippen molar-refractivity contribution in [3.8, 4) is 0 Å². The Hall–Kier alpha value is -3.28. The lowest BCUT2D eigenvalue weighted by molar-refractivity contribution is 0.0980. The number of carbonyl (C=O) groups is 1. The zero-order valence-corrected chi connectivity index (χ0v) is 14.9. The molecule has 4 rings (SSSR count). The number of amides is 1. The summed E-state index contributed by atoms with van der Waals surface area (Å²) >= 11 is 0. The van der Waals surface area contributed by atoms with E-state index in [1.54, 1.807) is 36.1 Å². The van der Waals surface area contributed by atoms with Crippen molar-refractivity contribution in [3.05, 3.63) is 77.5 Å². The SMILES string of the molecule is Cc1nc(Nc2ccccc2F)cc(C(=O)N2CCCc3ccccc32)n1. The largest absolute Gasteiger partial charge is 0.338 e. The number of nitrogens with zero attached hydrogens (tertiary/aromatic N) is 3. The van der Waals surface area contributed by atoms with Crippen LogP contribution < -0.4 is 10.2 Å². The first-order valence-electron chi connectivity index (χ1n) is 8.89. The second-order valence-corrected chi connectivity index (χ2v) is 6.48. The first-order valence-corrected chi connectivity index (χ1v) is 8.89. The Balaban J connectivity index is 1.66. The van der Waals surface area contributed by atoms with E-state index in [1.165, 1.54) is 6.07 Å². The summed E-state index contributed by atoms with van der Waals surface area (Å²) in [6.45, 7) is 2.36. The van der Waals surface area contributed by atoms with Crippen molar-refractivity contribution in [2.45, 2.75) is 19.8 Å². The molecule has 0 aliphatic carbocycles. The summed E-state index contributed by atoms with van der Waals surface area (Å²) in [6.07, 6.45) is 1.87. The van der Waals surface area contributed by atoms with Gasteiger partial charge in [-0.1, -0.05) is 30.3 Å². The predicted molar refractivity (Wildman–Crippen MR) is 103 cm³/mol. The number of nitrogens with one attached hydrogen (secondary N) is 1.